The van der Waals surface area contributed by atoms with Crippen molar-refractivity contribution in [1.82, 2.24) is 9.21 Å². The Morgan fingerprint density at radius 2 is 1.76 bits per heavy atom. The minimum atomic E-state index is -3.69. The quantitative estimate of drug-likeness (QED) is 0.727. The van der Waals surface area contributed by atoms with Gasteiger partial charge in [-0.05, 0) is 58.7 Å². The second-order valence-electron chi connectivity index (χ2n) is 5.61. The summed E-state index contributed by atoms with van der Waals surface area (Å²) in [6.07, 6.45) is 0.554. The molecule has 1 aromatic heterocycles. The van der Waals surface area contributed by atoms with Gasteiger partial charge >= 0.3 is 0 Å². The van der Waals surface area contributed by atoms with E-state index < -0.39 is 15.8 Å². The van der Waals surface area contributed by atoms with E-state index in [2.05, 4.69) is 15.9 Å². The lowest BCUT2D eigenvalue weighted by Gasteiger charge is -2.21. The average Bonchev–Trinajstić information content (AvgIpc) is 2.86. The molecule has 0 spiro atoms. The summed E-state index contributed by atoms with van der Waals surface area (Å²) < 4.78 is 40.7. The summed E-state index contributed by atoms with van der Waals surface area (Å²) in [5.74, 6) is -0.564. The van der Waals surface area contributed by atoms with Gasteiger partial charge in [-0.25, -0.2) is 12.8 Å². The fraction of sp³-hybridized carbons (Fsp3) is 0.312. The van der Waals surface area contributed by atoms with Gasteiger partial charge in [0.2, 0.25) is 10.0 Å². The normalized spacial score (nSPS) is 16.6. The summed E-state index contributed by atoms with van der Waals surface area (Å²) in [5.41, 5.74) is 0. The molecular weight excluding hydrogens is 431 g/mol. The van der Waals surface area contributed by atoms with E-state index in [1.165, 1.54) is 27.8 Å². The second-order valence-corrected chi connectivity index (χ2v) is 10.0. The lowest BCUT2D eigenvalue weighted by molar-refractivity contribution is 0.0769. The summed E-state index contributed by atoms with van der Waals surface area (Å²) in [4.78, 5) is 14.9. The molecular formula is C16H16BrFN2O3S2. The van der Waals surface area contributed by atoms with Gasteiger partial charge in [0.25, 0.3) is 5.91 Å². The Morgan fingerprint density at radius 1 is 1.04 bits per heavy atom. The molecule has 0 bridgehead atoms. The van der Waals surface area contributed by atoms with Crippen LogP contribution in [0.15, 0.2) is 45.1 Å². The molecule has 0 N–H and O–H groups in total. The van der Waals surface area contributed by atoms with Crippen molar-refractivity contribution in [2.45, 2.75) is 11.3 Å². The fourth-order valence-electron chi connectivity index (χ4n) is 2.68. The van der Waals surface area contributed by atoms with Gasteiger partial charge in [-0.3, -0.25) is 4.79 Å². The molecule has 0 aliphatic carbocycles. The highest BCUT2D eigenvalue weighted by Gasteiger charge is 2.28. The Labute approximate surface area is 158 Å². The van der Waals surface area contributed by atoms with E-state index in [9.17, 15) is 17.6 Å². The number of thiophene rings is 1. The van der Waals surface area contributed by atoms with Crippen LogP contribution in [0.5, 0.6) is 0 Å². The summed E-state index contributed by atoms with van der Waals surface area (Å²) >= 11 is 4.70. The van der Waals surface area contributed by atoms with Crippen LogP contribution in [0.2, 0.25) is 0 Å². The second kappa shape index (κ2) is 7.53. The lowest BCUT2D eigenvalue weighted by Crippen LogP contribution is -2.37. The predicted octanol–water partition coefficient (Wildman–Crippen LogP) is 3.19. The summed E-state index contributed by atoms with van der Waals surface area (Å²) in [6, 6.07) is 8.38. The van der Waals surface area contributed by atoms with E-state index in [0.717, 1.165) is 15.9 Å². The minimum absolute atomic E-state index is 0.0656. The molecule has 0 atom stereocenters. The number of benzene rings is 1. The zero-order chi connectivity index (χ0) is 18.0. The highest BCUT2D eigenvalue weighted by atomic mass is 79.9. The fourth-order valence-corrected chi connectivity index (χ4v) is 5.50. The first kappa shape index (κ1) is 18.5. The third-order valence-corrected chi connectivity index (χ3v) is 7.50. The zero-order valence-electron chi connectivity index (χ0n) is 13.2. The Hall–Kier alpha value is -1.29. The maximum atomic E-state index is 13.0. The molecule has 2 aromatic rings. The van der Waals surface area contributed by atoms with E-state index in [-0.39, 0.29) is 17.3 Å². The zero-order valence-corrected chi connectivity index (χ0v) is 16.4. The van der Waals surface area contributed by atoms with Crippen LogP contribution < -0.4 is 0 Å². The van der Waals surface area contributed by atoms with Crippen LogP contribution in [0, 0.1) is 5.82 Å². The largest absolute Gasteiger partial charge is 0.337 e. The van der Waals surface area contributed by atoms with Crippen molar-refractivity contribution >= 4 is 43.2 Å². The van der Waals surface area contributed by atoms with E-state index in [1.807, 2.05) is 6.07 Å². The molecule has 9 heteroatoms. The molecule has 25 heavy (non-hydrogen) atoms. The van der Waals surface area contributed by atoms with Crippen molar-refractivity contribution in [2.75, 3.05) is 26.2 Å². The maximum Gasteiger partial charge on any atom is 0.264 e. The van der Waals surface area contributed by atoms with Gasteiger partial charge in [0.1, 0.15) is 5.82 Å². The van der Waals surface area contributed by atoms with Gasteiger partial charge in [-0.1, -0.05) is 0 Å². The van der Waals surface area contributed by atoms with Crippen molar-refractivity contribution in [3.8, 4) is 0 Å². The number of rotatable bonds is 3. The number of sulfonamides is 1. The molecule has 134 valence electrons. The molecule has 5 nitrogen and oxygen atoms in total. The van der Waals surface area contributed by atoms with Crippen molar-refractivity contribution in [2.24, 2.45) is 0 Å². The number of carbonyl (C=O) groups excluding carboxylic acids is 1. The van der Waals surface area contributed by atoms with E-state index in [1.54, 1.807) is 11.0 Å². The average molecular weight is 447 g/mol. The van der Waals surface area contributed by atoms with Gasteiger partial charge in [0, 0.05) is 26.2 Å². The Balaban J connectivity index is 1.73. The predicted molar refractivity (Wildman–Crippen MR) is 97.7 cm³/mol. The molecule has 2 heterocycles. The van der Waals surface area contributed by atoms with E-state index in [4.69, 9.17) is 0 Å². The number of hydrogen-bond donors (Lipinski definition) is 0. The molecule has 1 fully saturated rings. The first-order chi connectivity index (χ1) is 11.9. The molecule has 1 aromatic carbocycles. The summed E-state index contributed by atoms with van der Waals surface area (Å²) in [7, 11) is -3.69. The van der Waals surface area contributed by atoms with Gasteiger partial charge in [-0.15, -0.1) is 11.3 Å². The van der Waals surface area contributed by atoms with Gasteiger partial charge < -0.3 is 4.90 Å². The van der Waals surface area contributed by atoms with Crippen LogP contribution in [0.25, 0.3) is 0 Å². The highest BCUT2D eigenvalue weighted by Crippen LogP contribution is 2.24. The van der Waals surface area contributed by atoms with Crippen LogP contribution in [-0.2, 0) is 10.0 Å². The van der Waals surface area contributed by atoms with Crippen LogP contribution in [0.4, 0.5) is 4.39 Å². The van der Waals surface area contributed by atoms with Crippen molar-refractivity contribution in [3.63, 3.8) is 0 Å². The first-order valence-electron chi connectivity index (χ1n) is 7.68. The summed E-state index contributed by atoms with van der Waals surface area (Å²) in [6.45, 7) is 1.38. The molecule has 1 aliphatic rings. The molecule has 0 saturated carbocycles. The number of amides is 1. The van der Waals surface area contributed by atoms with Crippen LogP contribution in [-0.4, -0.2) is 49.7 Å². The molecule has 0 radical (unpaired) electrons. The molecule has 1 amide bonds. The summed E-state index contributed by atoms with van der Waals surface area (Å²) in [5, 5.41) is 0. The number of carbonyl (C=O) groups is 1. The highest BCUT2D eigenvalue weighted by molar-refractivity contribution is 9.11. The van der Waals surface area contributed by atoms with Crippen molar-refractivity contribution in [3.05, 3.63) is 50.9 Å². The van der Waals surface area contributed by atoms with E-state index in [0.29, 0.717) is 30.9 Å². The topological polar surface area (TPSA) is 57.7 Å². The standard InChI is InChI=1S/C16H16BrFN2O3S2/c17-15-7-6-14(24-15)16(21)19-8-1-9-20(11-10-19)25(22,23)13-4-2-12(18)3-5-13/h2-7H,1,8-11H2. The van der Waals surface area contributed by atoms with Gasteiger partial charge in [0.15, 0.2) is 0 Å². The first-order valence-corrected chi connectivity index (χ1v) is 10.7. The Morgan fingerprint density at radius 3 is 2.40 bits per heavy atom. The smallest absolute Gasteiger partial charge is 0.264 e. The van der Waals surface area contributed by atoms with Gasteiger partial charge in [0.05, 0.1) is 13.6 Å². The molecule has 1 aliphatic heterocycles. The SMILES string of the molecule is O=C(c1ccc(Br)s1)N1CCCN(S(=O)(=O)c2ccc(F)cc2)CC1. The molecule has 1 saturated heterocycles. The number of nitrogens with zero attached hydrogens (tertiary/aromatic N) is 2. The van der Waals surface area contributed by atoms with E-state index >= 15 is 0 Å². The van der Waals surface area contributed by atoms with Crippen LogP contribution in [0.3, 0.4) is 0 Å². The van der Waals surface area contributed by atoms with Crippen molar-refractivity contribution in [1.29, 1.82) is 0 Å². The van der Waals surface area contributed by atoms with Crippen LogP contribution in [0.1, 0.15) is 16.1 Å². The monoisotopic (exact) mass is 446 g/mol. The molecule has 3 rings (SSSR count). The Bertz CT molecular complexity index is 868. The molecule has 0 unspecified atom stereocenters. The maximum absolute atomic E-state index is 13.0. The number of halogens is 2. The van der Waals surface area contributed by atoms with Crippen molar-refractivity contribution < 1.29 is 17.6 Å². The third kappa shape index (κ3) is 4.11. The lowest BCUT2D eigenvalue weighted by atomic mass is 10.3. The van der Waals surface area contributed by atoms with Gasteiger partial charge in [-0.2, -0.15) is 4.31 Å². The third-order valence-electron chi connectivity index (χ3n) is 3.98. The number of hydrogen-bond acceptors (Lipinski definition) is 4. The minimum Gasteiger partial charge on any atom is -0.337 e. The Kier molecular flexibility index (Phi) is 5.57. The van der Waals surface area contributed by atoms with Crippen LogP contribution >= 0.6 is 27.3 Å².